The van der Waals surface area contributed by atoms with E-state index in [1.165, 1.54) is 18.4 Å². The lowest BCUT2D eigenvalue weighted by Gasteiger charge is -1.91. The molecule has 0 aliphatic heterocycles. The van der Waals surface area contributed by atoms with Crippen LogP contribution in [0.2, 0.25) is 0 Å². The molecule has 1 rings (SSSR count). The zero-order valence-corrected chi connectivity index (χ0v) is 8.74. The van der Waals surface area contributed by atoms with Gasteiger partial charge in [0.1, 0.15) is 4.88 Å². The van der Waals surface area contributed by atoms with E-state index >= 15 is 0 Å². The van der Waals surface area contributed by atoms with Crippen molar-refractivity contribution in [2.24, 2.45) is 0 Å². The van der Waals surface area contributed by atoms with E-state index in [4.69, 9.17) is 5.11 Å². The second-order valence-corrected chi connectivity index (χ2v) is 4.02. The largest absolute Gasteiger partial charge is 0.465 e. The minimum absolute atomic E-state index is 0.0672. The summed E-state index contributed by atoms with van der Waals surface area (Å²) in [4.78, 5) is 12.2. The minimum atomic E-state index is -0.375. The van der Waals surface area contributed by atoms with Gasteiger partial charge in [-0.05, 0) is 22.0 Å². The van der Waals surface area contributed by atoms with Crippen LogP contribution < -0.4 is 0 Å². The lowest BCUT2D eigenvalue weighted by Crippen LogP contribution is -1.96. The monoisotopic (exact) mass is 250 g/mol. The fraction of sp³-hybridized carbons (Fsp3) is 0.286. The topological polar surface area (TPSA) is 46.5 Å². The summed E-state index contributed by atoms with van der Waals surface area (Å²) in [5.41, 5.74) is 0. The second kappa shape index (κ2) is 4.02. The number of carbonyl (C=O) groups is 1. The molecular formula is C7H7BrO3S. The highest BCUT2D eigenvalue weighted by atomic mass is 79.9. The zero-order chi connectivity index (χ0) is 9.14. The number of hydrogen-bond donors (Lipinski definition) is 1. The lowest BCUT2D eigenvalue weighted by molar-refractivity contribution is 0.0606. The van der Waals surface area contributed by atoms with Crippen LogP contribution >= 0.6 is 27.3 Å². The van der Waals surface area contributed by atoms with Crippen LogP contribution in [-0.2, 0) is 11.3 Å². The van der Waals surface area contributed by atoms with Crippen molar-refractivity contribution in [1.29, 1.82) is 0 Å². The smallest absolute Gasteiger partial charge is 0.348 e. The molecule has 3 nitrogen and oxygen atoms in total. The molecule has 1 aromatic heterocycles. The SMILES string of the molecule is COC(=O)c1cc(Br)c(CO)s1. The van der Waals surface area contributed by atoms with E-state index in [1.54, 1.807) is 6.07 Å². The van der Waals surface area contributed by atoms with Crippen LogP contribution in [0.15, 0.2) is 10.5 Å². The van der Waals surface area contributed by atoms with Crippen LogP contribution in [0.25, 0.3) is 0 Å². The van der Waals surface area contributed by atoms with E-state index in [2.05, 4.69) is 20.7 Å². The highest BCUT2D eigenvalue weighted by Crippen LogP contribution is 2.27. The Kier molecular flexibility index (Phi) is 3.25. The first-order valence-electron chi connectivity index (χ1n) is 3.16. The molecule has 0 bridgehead atoms. The second-order valence-electron chi connectivity index (χ2n) is 2.03. The number of thiophene rings is 1. The summed E-state index contributed by atoms with van der Waals surface area (Å²) in [7, 11) is 1.33. The van der Waals surface area contributed by atoms with Gasteiger partial charge in [-0.2, -0.15) is 0 Å². The van der Waals surface area contributed by atoms with Gasteiger partial charge >= 0.3 is 5.97 Å². The average Bonchev–Trinajstić information content (AvgIpc) is 2.45. The number of halogens is 1. The van der Waals surface area contributed by atoms with Crippen LogP contribution in [0.3, 0.4) is 0 Å². The molecule has 0 radical (unpaired) electrons. The van der Waals surface area contributed by atoms with E-state index in [-0.39, 0.29) is 12.6 Å². The van der Waals surface area contributed by atoms with Crippen molar-refractivity contribution in [3.05, 3.63) is 20.3 Å². The normalized spacial score (nSPS) is 9.92. The van der Waals surface area contributed by atoms with Crippen molar-refractivity contribution >= 4 is 33.2 Å². The van der Waals surface area contributed by atoms with Crippen LogP contribution in [-0.4, -0.2) is 18.2 Å². The predicted molar refractivity (Wildman–Crippen MR) is 49.3 cm³/mol. The first-order chi connectivity index (χ1) is 5.69. The molecule has 0 fully saturated rings. The number of carbonyl (C=O) groups excluding carboxylic acids is 1. The van der Waals surface area contributed by atoms with E-state index in [0.717, 1.165) is 9.35 Å². The quantitative estimate of drug-likeness (QED) is 0.815. The van der Waals surface area contributed by atoms with Gasteiger partial charge in [-0.25, -0.2) is 4.79 Å². The third kappa shape index (κ3) is 1.85. The molecule has 0 saturated carbocycles. The van der Waals surface area contributed by atoms with Gasteiger partial charge in [-0.15, -0.1) is 11.3 Å². The highest BCUT2D eigenvalue weighted by molar-refractivity contribution is 9.10. The van der Waals surface area contributed by atoms with Gasteiger partial charge in [0, 0.05) is 9.35 Å². The Morgan fingerprint density at radius 3 is 2.92 bits per heavy atom. The molecule has 0 spiro atoms. The molecule has 1 aromatic rings. The van der Waals surface area contributed by atoms with Crippen molar-refractivity contribution in [3.8, 4) is 0 Å². The maximum absolute atomic E-state index is 11.0. The lowest BCUT2D eigenvalue weighted by atomic mass is 10.4. The van der Waals surface area contributed by atoms with E-state index in [0.29, 0.717) is 4.88 Å². The van der Waals surface area contributed by atoms with Crippen LogP contribution in [0.4, 0.5) is 0 Å². The molecule has 0 aliphatic carbocycles. The Morgan fingerprint density at radius 2 is 2.50 bits per heavy atom. The molecule has 0 saturated heterocycles. The summed E-state index contributed by atoms with van der Waals surface area (Å²) >= 11 is 4.44. The fourth-order valence-corrected chi connectivity index (χ4v) is 2.29. The molecule has 1 heterocycles. The van der Waals surface area contributed by atoms with Crippen LogP contribution in [0.1, 0.15) is 14.5 Å². The van der Waals surface area contributed by atoms with Crippen LogP contribution in [0, 0.1) is 0 Å². The molecule has 0 aliphatic rings. The van der Waals surface area contributed by atoms with Gasteiger partial charge < -0.3 is 9.84 Å². The summed E-state index contributed by atoms with van der Waals surface area (Å²) in [6, 6.07) is 1.64. The molecule has 0 amide bonds. The molecule has 0 unspecified atom stereocenters. The molecule has 66 valence electrons. The van der Waals surface area contributed by atoms with Gasteiger partial charge in [-0.1, -0.05) is 0 Å². The highest BCUT2D eigenvalue weighted by Gasteiger charge is 2.12. The summed E-state index contributed by atoms with van der Waals surface area (Å²) in [6.07, 6.45) is 0. The van der Waals surface area contributed by atoms with Gasteiger partial charge in [0.25, 0.3) is 0 Å². The first-order valence-corrected chi connectivity index (χ1v) is 4.77. The van der Waals surface area contributed by atoms with Crippen LogP contribution in [0.5, 0.6) is 0 Å². The molecule has 5 heteroatoms. The zero-order valence-electron chi connectivity index (χ0n) is 6.33. The molecule has 1 N–H and O–H groups in total. The third-order valence-electron chi connectivity index (χ3n) is 1.29. The Bertz CT molecular complexity index is 295. The average molecular weight is 251 g/mol. The maximum Gasteiger partial charge on any atom is 0.348 e. The van der Waals surface area contributed by atoms with Crippen molar-refractivity contribution in [2.75, 3.05) is 7.11 Å². The van der Waals surface area contributed by atoms with Crippen molar-refractivity contribution in [1.82, 2.24) is 0 Å². The Morgan fingerprint density at radius 1 is 1.83 bits per heavy atom. The first kappa shape index (κ1) is 9.70. The Hall–Kier alpha value is -0.390. The van der Waals surface area contributed by atoms with E-state index in [9.17, 15) is 4.79 Å². The number of aliphatic hydroxyl groups excluding tert-OH is 1. The van der Waals surface area contributed by atoms with Crippen molar-refractivity contribution in [2.45, 2.75) is 6.61 Å². The molecule has 12 heavy (non-hydrogen) atoms. The summed E-state index contributed by atoms with van der Waals surface area (Å²) in [6.45, 7) is -0.0672. The number of rotatable bonds is 2. The minimum Gasteiger partial charge on any atom is -0.465 e. The van der Waals surface area contributed by atoms with Gasteiger partial charge in [0.05, 0.1) is 13.7 Å². The molecule has 0 atom stereocenters. The van der Waals surface area contributed by atoms with Crippen molar-refractivity contribution in [3.63, 3.8) is 0 Å². The number of ether oxygens (including phenoxy) is 1. The molecular weight excluding hydrogens is 244 g/mol. The summed E-state index contributed by atoms with van der Waals surface area (Å²) in [5, 5.41) is 8.81. The molecule has 0 aromatic carbocycles. The number of hydrogen-bond acceptors (Lipinski definition) is 4. The number of aliphatic hydroxyl groups is 1. The summed E-state index contributed by atoms with van der Waals surface area (Å²) in [5.74, 6) is -0.375. The number of esters is 1. The fourth-order valence-electron chi connectivity index (χ4n) is 0.716. The number of methoxy groups -OCH3 is 1. The Balaban J connectivity index is 2.96. The van der Waals surface area contributed by atoms with E-state index in [1.807, 2.05) is 0 Å². The Labute approximate surface area is 82.1 Å². The predicted octanol–water partition coefficient (Wildman–Crippen LogP) is 1.79. The van der Waals surface area contributed by atoms with Crippen molar-refractivity contribution < 1.29 is 14.6 Å². The maximum atomic E-state index is 11.0. The van der Waals surface area contributed by atoms with E-state index < -0.39 is 0 Å². The van der Waals surface area contributed by atoms with Gasteiger partial charge in [0.2, 0.25) is 0 Å². The summed E-state index contributed by atoms with van der Waals surface area (Å²) < 4.78 is 5.26. The van der Waals surface area contributed by atoms with Gasteiger partial charge in [0.15, 0.2) is 0 Å². The third-order valence-corrected chi connectivity index (χ3v) is 3.36. The standard InChI is InChI=1S/C7H7BrO3S/c1-11-7(10)5-2-4(8)6(3-9)12-5/h2,9H,3H2,1H3. The van der Waals surface area contributed by atoms with Gasteiger partial charge in [-0.3, -0.25) is 0 Å².